The first-order valence-electron chi connectivity index (χ1n) is 11.6. The molecule has 13 heteroatoms. The highest BCUT2D eigenvalue weighted by Gasteiger charge is 2.36. The highest BCUT2D eigenvalue weighted by molar-refractivity contribution is 5.96. The molecule has 0 radical (unpaired) electrons. The average Bonchev–Trinajstić information content (AvgIpc) is 3.51. The Labute approximate surface area is 210 Å². The summed E-state index contributed by atoms with van der Waals surface area (Å²) in [6, 6.07) is 5.19. The molecular weight excluding hydrogens is 489 g/mol. The third-order valence-corrected chi connectivity index (χ3v) is 5.53. The van der Waals surface area contributed by atoms with Gasteiger partial charge in [0.25, 0.3) is 5.91 Å². The van der Waals surface area contributed by atoms with Gasteiger partial charge in [0.1, 0.15) is 5.69 Å². The van der Waals surface area contributed by atoms with Gasteiger partial charge in [-0.1, -0.05) is 6.92 Å². The molecule has 10 nitrogen and oxygen atoms in total. The number of imidazole rings is 1. The number of rotatable bonds is 10. The van der Waals surface area contributed by atoms with Gasteiger partial charge in [-0.25, -0.2) is 9.97 Å². The van der Waals surface area contributed by atoms with Crippen LogP contribution in [0.4, 0.5) is 24.7 Å². The van der Waals surface area contributed by atoms with Crippen molar-refractivity contribution >= 4 is 23.1 Å². The van der Waals surface area contributed by atoms with E-state index >= 15 is 0 Å². The molecule has 4 aromatic rings. The van der Waals surface area contributed by atoms with Crippen molar-refractivity contribution in [3.63, 3.8) is 0 Å². The molecule has 0 aliphatic rings. The van der Waals surface area contributed by atoms with E-state index in [9.17, 15) is 18.0 Å². The molecule has 0 unspecified atom stereocenters. The number of fused-ring (bicyclic) bond motifs is 1. The van der Waals surface area contributed by atoms with Gasteiger partial charge >= 0.3 is 6.18 Å². The van der Waals surface area contributed by atoms with Crippen molar-refractivity contribution in [1.82, 2.24) is 29.9 Å². The van der Waals surface area contributed by atoms with Crippen molar-refractivity contribution in [2.24, 2.45) is 5.73 Å². The summed E-state index contributed by atoms with van der Waals surface area (Å²) in [5, 5.41) is 11.6. The lowest BCUT2D eigenvalue weighted by Crippen LogP contribution is -2.30. The molecule has 1 amide bonds. The van der Waals surface area contributed by atoms with E-state index in [4.69, 9.17) is 10.5 Å². The van der Waals surface area contributed by atoms with Crippen molar-refractivity contribution < 1.29 is 22.7 Å². The molecule has 1 atom stereocenters. The molecule has 0 aliphatic carbocycles. The molecule has 0 saturated heterocycles. The number of nitrogens with two attached hydrogens (primary N) is 1. The smallest absolute Gasteiger partial charge is 0.378 e. The summed E-state index contributed by atoms with van der Waals surface area (Å²) in [5.74, 6) is 0.128. The van der Waals surface area contributed by atoms with Crippen molar-refractivity contribution in [3.05, 3.63) is 59.8 Å². The maximum Gasteiger partial charge on any atom is 0.433 e. The van der Waals surface area contributed by atoms with Crippen LogP contribution in [0.25, 0.3) is 16.9 Å². The Kier molecular flexibility index (Phi) is 7.74. The third-order valence-electron chi connectivity index (χ3n) is 5.53. The summed E-state index contributed by atoms with van der Waals surface area (Å²) >= 11 is 0. The fourth-order valence-electron chi connectivity index (χ4n) is 3.83. The van der Waals surface area contributed by atoms with Gasteiger partial charge in [0.05, 0.1) is 36.9 Å². The standard InChI is InChI=1S/C24H27F3N8O2/c1-3-15-10-16(4-5-17(15)23(36)30-7-9-37-13-14(2)28)33-21-22-31-12-19(35(22)8-6-29-21)18-11-32-34-20(18)24(25,26)27/h4-6,8,10-12,14H,3,7,9,13,28H2,1-2H3,(H,29,33)(H,30,36)(H,32,34)/t14-/m0/s1. The quantitative estimate of drug-likeness (QED) is 0.237. The average molecular weight is 517 g/mol. The van der Waals surface area contributed by atoms with Crippen molar-refractivity contribution in [2.45, 2.75) is 32.5 Å². The number of aromatic nitrogens is 5. The van der Waals surface area contributed by atoms with Crippen LogP contribution in [0.5, 0.6) is 0 Å². The molecule has 3 heterocycles. The Hall–Kier alpha value is -3.97. The first-order valence-corrected chi connectivity index (χ1v) is 11.6. The Morgan fingerprint density at radius 3 is 2.81 bits per heavy atom. The van der Waals surface area contributed by atoms with Crippen molar-refractivity contribution in [1.29, 1.82) is 0 Å². The molecule has 3 aromatic heterocycles. The summed E-state index contributed by atoms with van der Waals surface area (Å²) in [4.78, 5) is 21.3. The number of carbonyl (C=O) groups is 1. The zero-order valence-corrected chi connectivity index (χ0v) is 20.3. The van der Waals surface area contributed by atoms with Crippen LogP contribution in [-0.2, 0) is 17.3 Å². The van der Waals surface area contributed by atoms with E-state index in [1.54, 1.807) is 12.1 Å². The van der Waals surface area contributed by atoms with Crippen molar-refractivity contribution in [3.8, 4) is 11.3 Å². The number of alkyl halides is 3. The van der Waals surface area contributed by atoms with Gasteiger partial charge in [-0.15, -0.1) is 0 Å². The summed E-state index contributed by atoms with van der Waals surface area (Å²) in [5.41, 5.74) is 7.10. The molecule has 196 valence electrons. The van der Waals surface area contributed by atoms with E-state index in [1.165, 1.54) is 23.0 Å². The summed E-state index contributed by atoms with van der Waals surface area (Å²) in [7, 11) is 0. The SMILES string of the molecule is CCc1cc(Nc2nccn3c(-c4cn[nH]c4C(F)(F)F)cnc23)ccc1C(=O)NCCOC[C@H](C)N. The number of amides is 1. The highest BCUT2D eigenvalue weighted by atomic mass is 19.4. The topological polar surface area (TPSA) is 135 Å². The number of halogens is 3. The second kappa shape index (κ2) is 11.0. The number of hydrogen-bond acceptors (Lipinski definition) is 7. The summed E-state index contributed by atoms with van der Waals surface area (Å²) in [6.07, 6.45) is 1.45. The molecule has 0 fully saturated rings. The fourth-order valence-corrected chi connectivity index (χ4v) is 3.83. The van der Waals surface area contributed by atoms with Gasteiger partial charge in [-0.2, -0.15) is 18.3 Å². The number of hydrogen-bond donors (Lipinski definition) is 4. The summed E-state index contributed by atoms with van der Waals surface area (Å²) in [6.45, 7) is 4.91. The van der Waals surface area contributed by atoms with Crippen LogP contribution >= 0.6 is 0 Å². The number of carbonyl (C=O) groups excluding carboxylic acids is 1. The molecule has 1 aromatic carbocycles. The van der Waals surface area contributed by atoms with E-state index < -0.39 is 11.9 Å². The Bertz CT molecular complexity index is 1380. The maximum atomic E-state index is 13.4. The lowest BCUT2D eigenvalue weighted by Gasteiger charge is -2.13. The van der Waals surface area contributed by atoms with Gasteiger partial charge in [0.2, 0.25) is 0 Å². The lowest BCUT2D eigenvalue weighted by atomic mass is 10.0. The number of aromatic amines is 1. The molecule has 0 spiro atoms. The van der Waals surface area contributed by atoms with E-state index in [-0.39, 0.29) is 23.2 Å². The lowest BCUT2D eigenvalue weighted by molar-refractivity contribution is -0.140. The highest BCUT2D eigenvalue weighted by Crippen LogP contribution is 2.36. The molecule has 4 rings (SSSR count). The first-order chi connectivity index (χ1) is 17.7. The number of anilines is 2. The van der Waals surface area contributed by atoms with Crippen molar-refractivity contribution in [2.75, 3.05) is 25.1 Å². The van der Waals surface area contributed by atoms with Gasteiger partial charge in [0.15, 0.2) is 11.5 Å². The Morgan fingerprint density at radius 2 is 2.08 bits per heavy atom. The number of aryl methyl sites for hydroxylation is 1. The molecule has 37 heavy (non-hydrogen) atoms. The molecular formula is C24H27F3N8O2. The van der Waals surface area contributed by atoms with E-state index in [0.717, 1.165) is 11.8 Å². The molecule has 5 N–H and O–H groups in total. The first kappa shape index (κ1) is 26.1. The molecule has 0 saturated carbocycles. The van der Waals surface area contributed by atoms with Crippen LogP contribution in [0.3, 0.4) is 0 Å². The van der Waals surface area contributed by atoms with Crippen LogP contribution in [0, 0.1) is 0 Å². The van der Waals surface area contributed by atoms with E-state index in [1.807, 2.05) is 25.0 Å². The van der Waals surface area contributed by atoms with Crippen LogP contribution in [0.15, 0.2) is 43.0 Å². The number of ether oxygens (including phenoxy) is 1. The second-order valence-electron chi connectivity index (χ2n) is 8.43. The van der Waals surface area contributed by atoms with Crippen LogP contribution in [0.1, 0.15) is 35.5 Å². The minimum Gasteiger partial charge on any atom is -0.378 e. The normalized spacial score (nSPS) is 12.6. The van der Waals surface area contributed by atoms with Crippen LogP contribution < -0.4 is 16.4 Å². The zero-order chi connectivity index (χ0) is 26.6. The second-order valence-corrected chi connectivity index (χ2v) is 8.43. The third kappa shape index (κ3) is 5.89. The van der Waals surface area contributed by atoms with Crippen LogP contribution in [0.2, 0.25) is 0 Å². The predicted octanol–water partition coefficient (Wildman–Crippen LogP) is 3.54. The van der Waals surface area contributed by atoms with Crippen LogP contribution in [-0.4, -0.2) is 56.3 Å². The monoisotopic (exact) mass is 516 g/mol. The van der Waals surface area contributed by atoms with Gasteiger partial charge in [-0.05, 0) is 37.1 Å². The predicted molar refractivity (Wildman–Crippen MR) is 131 cm³/mol. The number of nitrogens with one attached hydrogen (secondary N) is 3. The largest absolute Gasteiger partial charge is 0.433 e. The number of nitrogens with zero attached hydrogens (tertiary/aromatic N) is 4. The van der Waals surface area contributed by atoms with Gasteiger partial charge < -0.3 is 21.1 Å². The van der Waals surface area contributed by atoms with Gasteiger partial charge in [-0.3, -0.25) is 14.3 Å². The Balaban J connectivity index is 1.53. The maximum absolute atomic E-state index is 13.4. The number of H-pyrrole nitrogens is 1. The van der Waals surface area contributed by atoms with E-state index in [2.05, 4.69) is 25.7 Å². The zero-order valence-electron chi connectivity index (χ0n) is 20.3. The van der Waals surface area contributed by atoms with Gasteiger partial charge in [0, 0.05) is 36.2 Å². The summed E-state index contributed by atoms with van der Waals surface area (Å²) < 4.78 is 47.0. The molecule has 0 bridgehead atoms. The van der Waals surface area contributed by atoms with E-state index in [0.29, 0.717) is 48.9 Å². The number of benzene rings is 1. The molecule has 0 aliphatic heterocycles. The minimum atomic E-state index is -4.59. The fraction of sp³-hybridized carbons (Fsp3) is 0.333. The Morgan fingerprint density at radius 1 is 1.27 bits per heavy atom. The minimum absolute atomic E-state index is 0.0700.